The third kappa shape index (κ3) is 10.7. The summed E-state index contributed by atoms with van der Waals surface area (Å²) in [4.78, 5) is 36.7. The summed E-state index contributed by atoms with van der Waals surface area (Å²) < 4.78 is 58.2. The normalized spacial score (nSPS) is 12.5. The lowest BCUT2D eigenvalue weighted by molar-refractivity contribution is -0.169. The number of sulfonamides is 1. The number of esters is 2. The quantitative estimate of drug-likeness (QED) is 0.157. The highest BCUT2D eigenvalue weighted by Crippen LogP contribution is 2.30. The van der Waals surface area contributed by atoms with Gasteiger partial charge < -0.3 is 29.0 Å². The van der Waals surface area contributed by atoms with E-state index in [1.165, 1.54) is 32.2 Å². The molecule has 3 aromatic carbocycles. The lowest BCUT2D eigenvalue weighted by Crippen LogP contribution is -2.47. The zero-order valence-corrected chi connectivity index (χ0v) is 28.7. The Morgan fingerprint density at radius 2 is 1.57 bits per heavy atom. The van der Waals surface area contributed by atoms with Crippen LogP contribution < -0.4 is 14.8 Å². The van der Waals surface area contributed by atoms with Gasteiger partial charge in [-0.1, -0.05) is 30.3 Å². The molecule has 47 heavy (non-hydrogen) atoms. The van der Waals surface area contributed by atoms with Crippen molar-refractivity contribution in [2.24, 2.45) is 0 Å². The minimum atomic E-state index is -4.36. The zero-order chi connectivity index (χ0) is 34.8. The molecule has 3 rings (SSSR count). The fourth-order valence-corrected chi connectivity index (χ4v) is 6.24. The number of carbonyl (C=O) groups is 3. The van der Waals surface area contributed by atoms with Gasteiger partial charge in [0.1, 0.15) is 16.2 Å². The van der Waals surface area contributed by atoms with Crippen LogP contribution in [0.15, 0.2) is 59.5 Å². The summed E-state index contributed by atoms with van der Waals surface area (Å²) in [5.41, 5.74) is 0.820. The first kappa shape index (κ1) is 37.4. The van der Waals surface area contributed by atoms with Gasteiger partial charge in [0.15, 0.2) is 6.29 Å². The van der Waals surface area contributed by atoms with Crippen LogP contribution in [0.3, 0.4) is 0 Å². The lowest BCUT2D eigenvalue weighted by atomic mass is 9.98. The fraction of sp³-hybridized carbons (Fsp3) is 0.441. The van der Waals surface area contributed by atoms with Crippen LogP contribution >= 0.6 is 0 Å². The molecule has 0 aliphatic carbocycles. The van der Waals surface area contributed by atoms with Gasteiger partial charge in [-0.05, 0) is 69.2 Å². The molecule has 0 saturated heterocycles. The first-order chi connectivity index (χ1) is 22.2. The average Bonchev–Trinajstić information content (AvgIpc) is 2.99. The fourth-order valence-electron chi connectivity index (χ4n) is 4.89. The van der Waals surface area contributed by atoms with E-state index in [-0.39, 0.29) is 42.8 Å². The number of nitrogens with one attached hydrogen (secondary N) is 2. The summed E-state index contributed by atoms with van der Waals surface area (Å²) in [5.74, 6) is -1.48. The topological polar surface area (TPSA) is 156 Å². The standard InChI is InChI=1S/C34H44N2O10S/c1-8-43-33(44-9-2)28(21-31(38)46-34(4,5)6)36-47(40,41)30-17-15-24(35-22(3)37)20-29(30)45-19-18-23-14-16-27(32(39)42-7)26-13-11-10-12-25(23)26/h10-17,20,28,33,36H,8-9,18-19,21H2,1-7H3,(H,35,37). The summed E-state index contributed by atoms with van der Waals surface area (Å²) in [6.45, 7) is 10.4. The number of benzene rings is 3. The average molecular weight is 673 g/mol. The number of fused-ring (bicyclic) bond motifs is 1. The Bertz CT molecular complexity index is 1660. The molecule has 2 N–H and O–H groups in total. The second-order valence-corrected chi connectivity index (χ2v) is 13.2. The van der Waals surface area contributed by atoms with Crippen molar-refractivity contribution in [3.05, 3.63) is 65.7 Å². The predicted molar refractivity (Wildman–Crippen MR) is 177 cm³/mol. The van der Waals surface area contributed by atoms with Gasteiger partial charge in [0.25, 0.3) is 0 Å². The largest absolute Gasteiger partial charge is 0.492 e. The minimum Gasteiger partial charge on any atom is -0.492 e. The van der Waals surface area contributed by atoms with Gasteiger partial charge in [-0.3, -0.25) is 9.59 Å². The number of methoxy groups -OCH3 is 1. The molecule has 1 atom stereocenters. The van der Waals surface area contributed by atoms with E-state index in [0.717, 1.165) is 10.9 Å². The Hall–Kier alpha value is -4.04. The Morgan fingerprint density at radius 3 is 2.17 bits per heavy atom. The molecule has 256 valence electrons. The van der Waals surface area contributed by atoms with E-state index in [1.807, 2.05) is 24.3 Å². The van der Waals surface area contributed by atoms with Gasteiger partial charge in [0.2, 0.25) is 15.9 Å². The van der Waals surface area contributed by atoms with Crippen LogP contribution in [0.2, 0.25) is 0 Å². The van der Waals surface area contributed by atoms with E-state index < -0.39 is 39.9 Å². The molecule has 0 aromatic heterocycles. The molecule has 1 amide bonds. The van der Waals surface area contributed by atoms with Gasteiger partial charge in [-0.15, -0.1) is 0 Å². The molecule has 0 saturated carbocycles. The van der Waals surface area contributed by atoms with E-state index in [0.29, 0.717) is 23.1 Å². The molecule has 0 heterocycles. The number of hydrogen-bond acceptors (Lipinski definition) is 10. The molecule has 0 spiro atoms. The van der Waals surface area contributed by atoms with E-state index >= 15 is 0 Å². The molecule has 0 bridgehead atoms. The maximum absolute atomic E-state index is 13.9. The van der Waals surface area contributed by atoms with Crippen molar-refractivity contribution in [1.29, 1.82) is 0 Å². The Kier molecular flexibility index (Phi) is 13.3. The van der Waals surface area contributed by atoms with Crippen LogP contribution in [0.1, 0.15) is 63.9 Å². The van der Waals surface area contributed by atoms with Gasteiger partial charge in [0, 0.05) is 38.3 Å². The highest BCUT2D eigenvalue weighted by molar-refractivity contribution is 7.89. The first-order valence-corrected chi connectivity index (χ1v) is 16.8. The van der Waals surface area contributed by atoms with Crippen molar-refractivity contribution < 1.29 is 46.5 Å². The molecular formula is C34H44N2O10S. The van der Waals surface area contributed by atoms with E-state index in [2.05, 4.69) is 10.0 Å². The minimum absolute atomic E-state index is 0.0281. The smallest absolute Gasteiger partial charge is 0.338 e. The van der Waals surface area contributed by atoms with Crippen molar-refractivity contribution in [3.63, 3.8) is 0 Å². The third-order valence-corrected chi connectivity index (χ3v) is 8.24. The van der Waals surface area contributed by atoms with E-state index in [4.69, 9.17) is 23.7 Å². The number of carbonyl (C=O) groups excluding carboxylic acids is 3. The number of amides is 1. The van der Waals surface area contributed by atoms with Crippen LogP contribution in [-0.2, 0) is 45.0 Å². The second-order valence-electron chi connectivity index (χ2n) is 11.5. The van der Waals surface area contributed by atoms with E-state index in [1.54, 1.807) is 46.8 Å². The van der Waals surface area contributed by atoms with Crippen LogP contribution in [0.4, 0.5) is 5.69 Å². The van der Waals surface area contributed by atoms with Gasteiger partial charge in [-0.2, -0.15) is 0 Å². The molecule has 0 radical (unpaired) electrons. The maximum atomic E-state index is 13.9. The molecule has 0 aliphatic rings. The van der Waals surface area contributed by atoms with Crippen LogP contribution in [-0.4, -0.2) is 71.1 Å². The van der Waals surface area contributed by atoms with Crippen LogP contribution in [0.25, 0.3) is 10.8 Å². The molecule has 0 aliphatic heterocycles. The second kappa shape index (κ2) is 16.7. The number of ether oxygens (including phenoxy) is 5. The number of anilines is 1. The molecule has 1 unspecified atom stereocenters. The summed E-state index contributed by atoms with van der Waals surface area (Å²) in [6.07, 6.45) is -1.09. The molecule has 13 heteroatoms. The van der Waals surface area contributed by atoms with Crippen molar-refractivity contribution in [1.82, 2.24) is 4.72 Å². The van der Waals surface area contributed by atoms with Crippen LogP contribution in [0, 0.1) is 0 Å². The van der Waals surface area contributed by atoms with Crippen molar-refractivity contribution in [2.75, 3.05) is 32.2 Å². The SMILES string of the molecule is CCOC(OCC)C(CC(=O)OC(C)(C)C)NS(=O)(=O)c1ccc(NC(C)=O)cc1OCCc1ccc(C(=O)OC)c2ccccc12. The summed E-state index contributed by atoms with van der Waals surface area (Å²) in [6, 6.07) is 13.9. The van der Waals surface area contributed by atoms with Crippen molar-refractivity contribution in [2.45, 2.75) is 77.2 Å². The maximum Gasteiger partial charge on any atom is 0.338 e. The Morgan fingerprint density at radius 1 is 0.915 bits per heavy atom. The van der Waals surface area contributed by atoms with Gasteiger partial charge >= 0.3 is 11.9 Å². The van der Waals surface area contributed by atoms with Crippen molar-refractivity contribution in [3.8, 4) is 5.75 Å². The number of rotatable bonds is 16. The highest BCUT2D eigenvalue weighted by atomic mass is 32.2. The summed E-state index contributed by atoms with van der Waals surface area (Å²) in [5, 5.41) is 4.18. The summed E-state index contributed by atoms with van der Waals surface area (Å²) >= 11 is 0. The molecule has 3 aromatic rings. The van der Waals surface area contributed by atoms with Gasteiger partial charge in [-0.25, -0.2) is 17.9 Å². The van der Waals surface area contributed by atoms with Gasteiger partial charge in [0.05, 0.1) is 31.7 Å². The Labute approximate surface area is 276 Å². The Balaban J connectivity index is 1.95. The monoisotopic (exact) mass is 672 g/mol. The highest BCUT2D eigenvalue weighted by Gasteiger charge is 2.33. The zero-order valence-electron chi connectivity index (χ0n) is 27.9. The molecule has 12 nitrogen and oxygen atoms in total. The van der Waals surface area contributed by atoms with Crippen LogP contribution in [0.5, 0.6) is 5.75 Å². The first-order valence-electron chi connectivity index (χ1n) is 15.3. The molecular weight excluding hydrogens is 628 g/mol. The molecule has 0 fully saturated rings. The summed E-state index contributed by atoms with van der Waals surface area (Å²) in [7, 11) is -3.04. The lowest BCUT2D eigenvalue weighted by Gasteiger charge is -2.28. The number of hydrogen-bond donors (Lipinski definition) is 2. The van der Waals surface area contributed by atoms with Crippen molar-refractivity contribution >= 4 is 44.3 Å². The third-order valence-electron chi connectivity index (χ3n) is 6.71. The van der Waals surface area contributed by atoms with E-state index in [9.17, 15) is 22.8 Å². The predicted octanol–water partition coefficient (Wildman–Crippen LogP) is 4.98.